The zero-order chi connectivity index (χ0) is 20.1. The molecule has 6 nitrogen and oxygen atoms in total. The molecule has 1 fully saturated rings. The van der Waals surface area contributed by atoms with Crippen LogP contribution in [0.3, 0.4) is 0 Å². The Labute approximate surface area is 164 Å². The number of likely N-dealkylation sites (tertiary alicyclic amines) is 1. The fraction of sp³-hybridized carbons (Fsp3) is 0.364. The Morgan fingerprint density at radius 3 is 2.39 bits per heavy atom. The van der Waals surface area contributed by atoms with Gasteiger partial charge >= 0.3 is 5.97 Å². The lowest BCUT2D eigenvalue weighted by molar-refractivity contribution is -0.141. The van der Waals surface area contributed by atoms with Crippen LogP contribution in [-0.4, -0.2) is 49.2 Å². The fourth-order valence-corrected chi connectivity index (χ4v) is 3.74. The highest BCUT2D eigenvalue weighted by molar-refractivity contribution is 5.80. The highest BCUT2D eigenvalue weighted by atomic mass is 16.5. The number of nitrogens with zero attached hydrogens (tertiary/aromatic N) is 1. The first-order valence-corrected chi connectivity index (χ1v) is 9.30. The molecule has 1 saturated heterocycles. The number of aliphatic carboxylic acids is 1. The largest absolute Gasteiger partial charge is 0.493 e. The standard InChI is InChI=1S/C22H25NO5/c1-27-19-10-8-15(12-20(19)28-2)9-11-21(24)23-13-17(18(14-23)22(25)26)16-6-4-3-5-7-16/h3-8,10,12,17-18H,9,11,13-14H2,1-2H3,(H,25,26)/t17-,18-/m0/s1. The second kappa shape index (κ2) is 8.78. The molecule has 0 saturated carbocycles. The molecule has 0 aliphatic carbocycles. The number of hydrogen-bond acceptors (Lipinski definition) is 4. The summed E-state index contributed by atoms with van der Waals surface area (Å²) in [6, 6.07) is 15.1. The molecule has 0 spiro atoms. The summed E-state index contributed by atoms with van der Waals surface area (Å²) in [5.74, 6) is -0.365. The summed E-state index contributed by atoms with van der Waals surface area (Å²) in [5.41, 5.74) is 1.93. The van der Waals surface area contributed by atoms with Gasteiger partial charge in [-0.25, -0.2) is 0 Å². The minimum atomic E-state index is -0.857. The molecule has 2 atom stereocenters. The molecule has 1 aliphatic rings. The third kappa shape index (κ3) is 4.27. The zero-order valence-corrected chi connectivity index (χ0v) is 16.1. The number of carboxylic acid groups (broad SMARTS) is 1. The molecule has 1 heterocycles. The summed E-state index contributed by atoms with van der Waals surface area (Å²) in [7, 11) is 3.16. The van der Waals surface area contributed by atoms with Crippen LogP contribution < -0.4 is 9.47 Å². The molecule has 148 valence electrons. The summed E-state index contributed by atoms with van der Waals surface area (Å²) >= 11 is 0. The van der Waals surface area contributed by atoms with E-state index in [0.29, 0.717) is 30.9 Å². The van der Waals surface area contributed by atoms with Gasteiger partial charge in [0.2, 0.25) is 5.91 Å². The summed E-state index contributed by atoms with van der Waals surface area (Å²) in [4.78, 5) is 26.1. The van der Waals surface area contributed by atoms with Crippen LogP contribution in [-0.2, 0) is 16.0 Å². The third-order valence-electron chi connectivity index (χ3n) is 5.29. The minimum absolute atomic E-state index is 0.0283. The van der Waals surface area contributed by atoms with Crippen molar-refractivity contribution in [2.24, 2.45) is 5.92 Å². The average Bonchev–Trinajstić information content (AvgIpc) is 3.18. The molecule has 28 heavy (non-hydrogen) atoms. The van der Waals surface area contributed by atoms with Gasteiger partial charge in [0.1, 0.15) is 0 Å². The van der Waals surface area contributed by atoms with Crippen LogP contribution in [0.15, 0.2) is 48.5 Å². The minimum Gasteiger partial charge on any atom is -0.493 e. The summed E-state index contributed by atoms with van der Waals surface area (Å²) in [6.07, 6.45) is 0.882. The molecule has 1 aliphatic heterocycles. The zero-order valence-electron chi connectivity index (χ0n) is 16.1. The number of carboxylic acids is 1. The normalized spacial score (nSPS) is 18.7. The first kappa shape index (κ1) is 19.7. The van der Waals surface area contributed by atoms with Crippen molar-refractivity contribution in [3.8, 4) is 11.5 Å². The first-order valence-electron chi connectivity index (χ1n) is 9.30. The molecule has 0 radical (unpaired) electrons. The van der Waals surface area contributed by atoms with Gasteiger partial charge in [-0.1, -0.05) is 36.4 Å². The molecule has 1 amide bonds. The topological polar surface area (TPSA) is 76.1 Å². The molecule has 0 unspecified atom stereocenters. The number of ether oxygens (including phenoxy) is 2. The van der Waals surface area contributed by atoms with E-state index in [2.05, 4.69) is 0 Å². The second-order valence-electron chi connectivity index (χ2n) is 6.95. The van der Waals surface area contributed by atoms with Crippen LogP contribution in [0.1, 0.15) is 23.5 Å². The molecule has 3 rings (SSSR count). The Bertz CT molecular complexity index is 836. The number of hydrogen-bond donors (Lipinski definition) is 1. The SMILES string of the molecule is COc1ccc(CCC(=O)N2C[C@H](C(=O)O)[C@H](c3ccccc3)C2)cc1OC. The lowest BCUT2D eigenvalue weighted by Crippen LogP contribution is -2.30. The number of amides is 1. The summed E-state index contributed by atoms with van der Waals surface area (Å²) in [6.45, 7) is 0.686. The third-order valence-corrected chi connectivity index (χ3v) is 5.29. The summed E-state index contributed by atoms with van der Waals surface area (Å²) in [5, 5.41) is 9.60. The molecule has 0 aromatic heterocycles. The number of aryl methyl sites for hydroxylation is 1. The maximum absolute atomic E-state index is 12.7. The molecule has 2 aromatic rings. The molecular weight excluding hydrogens is 358 g/mol. The van der Waals surface area contributed by atoms with E-state index in [4.69, 9.17) is 9.47 Å². The molecule has 0 bridgehead atoms. The van der Waals surface area contributed by atoms with Crippen LogP contribution in [0.4, 0.5) is 0 Å². The van der Waals surface area contributed by atoms with E-state index in [9.17, 15) is 14.7 Å². The quantitative estimate of drug-likeness (QED) is 0.796. The molecular formula is C22H25NO5. The van der Waals surface area contributed by atoms with Crippen molar-refractivity contribution in [1.29, 1.82) is 0 Å². The predicted octanol–water partition coefficient (Wildman–Crippen LogP) is 2.96. The van der Waals surface area contributed by atoms with Crippen molar-refractivity contribution in [2.45, 2.75) is 18.8 Å². The van der Waals surface area contributed by atoms with Crippen molar-refractivity contribution in [3.05, 3.63) is 59.7 Å². The van der Waals surface area contributed by atoms with Crippen molar-refractivity contribution >= 4 is 11.9 Å². The molecule has 2 aromatic carbocycles. The Morgan fingerprint density at radius 1 is 1.04 bits per heavy atom. The van der Waals surface area contributed by atoms with Crippen LogP contribution in [0.5, 0.6) is 11.5 Å². The van der Waals surface area contributed by atoms with Gasteiger partial charge < -0.3 is 19.5 Å². The number of carbonyl (C=O) groups excluding carboxylic acids is 1. The van der Waals surface area contributed by atoms with Crippen LogP contribution >= 0.6 is 0 Å². The van der Waals surface area contributed by atoms with Gasteiger partial charge in [0.25, 0.3) is 0 Å². The summed E-state index contributed by atoms with van der Waals surface area (Å²) < 4.78 is 10.5. The van der Waals surface area contributed by atoms with Gasteiger partial charge in [0, 0.05) is 25.4 Å². The Balaban J connectivity index is 1.65. The average molecular weight is 383 g/mol. The van der Waals surface area contributed by atoms with Gasteiger partial charge in [-0.3, -0.25) is 9.59 Å². The van der Waals surface area contributed by atoms with Gasteiger partial charge in [0.15, 0.2) is 11.5 Å². The predicted molar refractivity (Wildman–Crippen MR) is 105 cm³/mol. The van der Waals surface area contributed by atoms with E-state index >= 15 is 0 Å². The van der Waals surface area contributed by atoms with Gasteiger partial charge in [-0.2, -0.15) is 0 Å². The molecule has 1 N–H and O–H groups in total. The van der Waals surface area contributed by atoms with E-state index < -0.39 is 11.9 Å². The van der Waals surface area contributed by atoms with E-state index in [0.717, 1.165) is 11.1 Å². The van der Waals surface area contributed by atoms with Crippen LogP contribution in [0.2, 0.25) is 0 Å². The highest BCUT2D eigenvalue weighted by Crippen LogP contribution is 2.33. The van der Waals surface area contributed by atoms with Crippen LogP contribution in [0, 0.1) is 5.92 Å². The van der Waals surface area contributed by atoms with Crippen molar-refractivity contribution in [1.82, 2.24) is 4.90 Å². The van der Waals surface area contributed by atoms with E-state index in [1.54, 1.807) is 19.1 Å². The lowest BCUT2D eigenvalue weighted by Gasteiger charge is -2.17. The van der Waals surface area contributed by atoms with Crippen molar-refractivity contribution < 1.29 is 24.2 Å². The maximum atomic E-state index is 12.7. The lowest BCUT2D eigenvalue weighted by atomic mass is 9.89. The van der Waals surface area contributed by atoms with Gasteiger partial charge in [0.05, 0.1) is 20.1 Å². The maximum Gasteiger partial charge on any atom is 0.308 e. The number of benzene rings is 2. The smallest absolute Gasteiger partial charge is 0.308 e. The van der Waals surface area contributed by atoms with Crippen molar-refractivity contribution in [3.63, 3.8) is 0 Å². The van der Waals surface area contributed by atoms with E-state index in [-0.39, 0.29) is 18.4 Å². The van der Waals surface area contributed by atoms with E-state index in [1.807, 2.05) is 48.5 Å². The monoisotopic (exact) mass is 383 g/mol. The number of methoxy groups -OCH3 is 2. The number of carbonyl (C=O) groups is 2. The Hall–Kier alpha value is -3.02. The van der Waals surface area contributed by atoms with Gasteiger partial charge in [-0.15, -0.1) is 0 Å². The van der Waals surface area contributed by atoms with Crippen LogP contribution in [0.25, 0.3) is 0 Å². The number of rotatable bonds is 7. The second-order valence-corrected chi connectivity index (χ2v) is 6.95. The highest BCUT2D eigenvalue weighted by Gasteiger charge is 2.40. The molecule has 6 heteroatoms. The van der Waals surface area contributed by atoms with E-state index in [1.165, 1.54) is 0 Å². The Kier molecular flexibility index (Phi) is 6.19. The Morgan fingerprint density at radius 2 is 1.75 bits per heavy atom. The fourth-order valence-electron chi connectivity index (χ4n) is 3.74. The van der Waals surface area contributed by atoms with Crippen molar-refractivity contribution in [2.75, 3.05) is 27.3 Å². The van der Waals surface area contributed by atoms with Gasteiger partial charge in [-0.05, 0) is 29.7 Å². The first-order chi connectivity index (χ1) is 13.5.